The molecule has 0 saturated heterocycles. The maximum absolute atomic E-state index is 15.5. The fourth-order valence-electron chi connectivity index (χ4n) is 8.43. The molecule has 1 fully saturated rings. The summed E-state index contributed by atoms with van der Waals surface area (Å²) >= 11 is 6.65. The average Bonchev–Trinajstić information content (AvgIpc) is 3.75. The molecular formula is C40H31ClF8N10O3S. The monoisotopic (exact) mass is 918 g/mol. The van der Waals surface area contributed by atoms with E-state index in [0.717, 1.165) is 30.7 Å². The third-order valence-electron chi connectivity index (χ3n) is 11.0. The second-order valence-corrected chi connectivity index (χ2v) is 17.6. The first kappa shape index (κ1) is 42.2. The van der Waals surface area contributed by atoms with Gasteiger partial charge in [-0.05, 0) is 59.9 Å². The maximum Gasteiger partial charge on any atom is 0.293 e. The number of hydrogen-bond donors (Lipinski definition) is 2. The molecule has 4 heterocycles. The normalized spacial score (nSPS) is 18.0. The molecule has 3 atom stereocenters. The Morgan fingerprint density at radius 3 is 2.44 bits per heavy atom. The maximum atomic E-state index is 15.5. The van der Waals surface area contributed by atoms with Gasteiger partial charge >= 0.3 is 0 Å². The molecule has 328 valence electrons. The molecule has 1 aliphatic heterocycles. The topological polar surface area (TPSA) is 152 Å². The second kappa shape index (κ2) is 15.3. The first-order chi connectivity index (χ1) is 29.8. The molecule has 1 saturated carbocycles. The molecule has 63 heavy (non-hydrogen) atoms. The summed E-state index contributed by atoms with van der Waals surface area (Å²) in [6.45, 7) is -1.04. The molecule has 3 aromatic heterocycles. The lowest BCUT2D eigenvalue weighted by molar-refractivity contribution is -0.122. The Morgan fingerprint density at radius 1 is 1.00 bits per heavy atom. The van der Waals surface area contributed by atoms with E-state index in [-0.39, 0.29) is 74.4 Å². The molecule has 0 spiro atoms. The van der Waals surface area contributed by atoms with Crippen molar-refractivity contribution in [3.05, 3.63) is 111 Å². The highest BCUT2D eigenvalue weighted by molar-refractivity contribution is 7.92. The van der Waals surface area contributed by atoms with Crippen molar-refractivity contribution in [2.24, 2.45) is 18.0 Å². The number of sulfonamides is 1. The van der Waals surface area contributed by atoms with Gasteiger partial charge in [-0.25, -0.2) is 49.7 Å². The zero-order valence-electron chi connectivity index (χ0n) is 32.6. The number of alkyl halides is 6. The van der Waals surface area contributed by atoms with Crippen LogP contribution in [0.5, 0.6) is 0 Å². The summed E-state index contributed by atoms with van der Waals surface area (Å²) in [7, 11) is -2.37. The minimum absolute atomic E-state index is 0.00484. The van der Waals surface area contributed by atoms with E-state index in [9.17, 15) is 39.6 Å². The number of aryl methyl sites for hydroxylation is 1. The highest BCUT2D eigenvalue weighted by Gasteiger charge is 2.67. The molecular weight excluding hydrogens is 888 g/mol. The van der Waals surface area contributed by atoms with Crippen LogP contribution in [-0.4, -0.2) is 62.0 Å². The number of benzene rings is 3. The van der Waals surface area contributed by atoms with Crippen LogP contribution in [0.15, 0.2) is 65.8 Å². The number of aliphatic imine (C=N–C) groups is 1. The summed E-state index contributed by atoms with van der Waals surface area (Å²) in [4.78, 5) is 28.7. The predicted octanol–water partition coefficient (Wildman–Crippen LogP) is 8.09. The van der Waals surface area contributed by atoms with Gasteiger partial charge in [0.1, 0.15) is 41.1 Å². The number of nitrogens with zero attached hydrogens (tertiary/aromatic N) is 8. The third-order valence-corrected chi connectivity index (χ3v) is 11.9. The molecule has 0 unspecified atom stereocenters. The van der Waals surface area contributed by atoms with E-state index in [4.69, 9.17) is 16.6 Å². The number of rotatable bonds is 12. The molecule has 2 aliphatic carbocycles. The molecule has 6 aromatic rings. The Balaban J connectivity index is 1.20. The average molecular weight is 919 g/mol. The highest BCUT2D eigenvalue weighted by atomic mass is 35.5. The molecule has 23 heteroatoms. The number of anilines is 2. The van der Waals surface area contributed by atoms with Crippen LogP contribution in [0.2, 0.25) is 5.02 Å². The van der Waals surface area contributed by atoms with Crippen LogP contribution < -0.4 is 14.9 Å². The van der Waals surface area contributed by atoms with Crippen molar-refractivity contribution in [3.8, 4) is 11.4 Å². The van der Waals surface area contributed by atoms with Crippen molar-refractivity contribution in [1.82, 2.24) is 34.8 Å². The van der Waals surface area contributed by atoms with Crippen LogP contribution >= 0.6 is 11.6 Å². The van der Waals surface area contributed by atoms with Gasteiger partial charge in [-0.1, -0.05) is 23.7 Å². The van der Waals surface area contributed by atoms with Gasteiger partial charge in [0, 0.05) is 42.8 Å². The second-order valence-electron chi connectivity index (χ2n) is 15.4. The van der Waals surface area contributed by atoms with Crippen LogP contribution in [0.1, 0.15) is 59.0 Å². The number of fused-ring (bicyclic) bond motifs is 5. The van der Waals surface area contributed by atoms with E-state index < -0.39 is 94.3 Å². The summed E-state index contributed by atoms with van der Waals surface area (Å²) in [5.74, 6) is -8.76. The Labute approximate surface area is 356 Å². The van der Waals surface area contributed by atoms with Crippen LogP contribution in [-0.2, 0) is 47.3 Å². The van der Waals surface area contributed by atoms with Gasteiger partial charge in [0.2, 0.25) is 15.9 Å². The SMILES string of the molecule is Cn1nc(NS(C)(=O)=O)c2c(Cl)ccc(N3Cc4ccc(-c5nccc(C(F)F)n5)cc4N=C3[C@H](Cc3cc(F)cc(F)c3)NC(=O)Cn3nc(C(F)F)c4c3C(F)(F)[C@@H]3C[C@H]43)c21. The smallest absolute Gasteiger partial charge is 0.293 e. The fraction of sp³-hybridized carbons (Fsp3) is 0.300. The van der Waals surface area contributed by atoms with Gasteiger partial charge in [0.25, 0.3) is 18.8 Å². The van der Waals surface area contributed by atoms with Crippen molar-refractivity contribution < 1.29 is 48.3 Å². The Morgan fingerprint density at radius 2 is 1.75 bits per heavy atom. The molecule has 3 aliphatic rings. The quantitative estimate of drug-likeness (QED) is 0.117. The number of amides is 1. The van der Waals surface area contributed by atoms with Gasteiger partial charge < -0.3 is 10.2 Å². The molecule has 0 bridgehead atoms. The Bertz CT molecular complexity index is 3000. The van der Waals surface area contributed by atoms with Gasteiger partial charge in [0.15, 0.2) is 11.6 Å². The molecule has 13 nitrogen and oxygen atoms in total. The van der Waals surface area contributed by atoms with E-state index >= 15 is 8.78 Å². The molecule has 3 aromatic carbocycles. The number of nitrogens with one attached hydrogen (secondary N) is 2. The predicted molar refractivity (Wildman–Crippen MR) is 214 cm³/mol. The minimum atomic E-state index is -3.88. The number of halogens is 9. The van der Waals surface area contributed by atoms with Crippen molar-refractivity contribution >= 4 is 61.5 Å². The van der Waals surface area contributed by atoms with Crippen molar-refractivity contribution in [2.75, 3.05) is 15.9 Å². The van der Waals surface area contributed by atoms with Crippen molar-refractivity contribution in [2.45, 2.75) is 56.7 Å². The van der Waals surface area contributed by atoms with Crippen LogP contribution in [0.4, 0.5) is 52.3 Å². The summed E-state index contributed by atoms with van der Waals surface area (Å²) in [5.41, 5.74) is -0.919. The van der Waals surface area contributed by atoms with E-state index in [1.54, 1.807) is 23.1 Å². The van der Waals surface area contributed by atoms with E-state index in [2.05, 4.69) is 30.2 Å². The van der Waals surface area contributed by atoms with E-state index in [0.29, 0.717) is 16.3 Å². The zero-order valence-corrected chi connectivity index (χ0v) is 34.2. The fourth-order valence-corrected chi connectivity index (χ4v) is 9.17. The molecule has 2 N–H and O–H groups in total. The minimum Gasteiger partial charge on any atom is -0.344 e. The number of carbonyl (C=O) groups excluding carboxylic acids is 1. The number of carbonyl (C=O) groups is 1. The lowest BCUT2D eigenvalue weighted by Gasteiger charge is -2.36. The Hall–Kier alpha value is -6.16. The summed E-state index contributed by atoms with van der Waals surface area (Å²) in [5, 5.41) is 11.1. The van der Waals surface area contributed by atoms with Crippen LogP contribution in [0.25, 0.3) is 22.3 Å². The Kier molecular flexibility index (Phi) is 10.2. The van der Waals surface area contributed by atoms with Gasteiger partial charge in [0.05, 0.1) is 46.1 Å². The summed E-state index contributed by atoms with van der Waals surface area (Å²) < 4.78 is 145. The highest BCUT2D eigenvalue weighted by Crippen LogP contribution is 2.68. The molecule has 0 radical (unpaired) electrons. The first-order valence-corrected chi connectivity index (χ1v) is 21.3. The van der Waals surface area contributed by atoms with Gasteiger partial charge in [-0.2, -0.15) is 19.0 Å². The van der Waals surface area contributed by atoms with Gasteiger partial charge in [-0.3, -0.25) is 18.9 Å². The number of hydrogen-bond acceptors (Lipinski definition) is 9. The number of amidine groups is 1. The standard InChI is InChI=1S/C40H31ClF8N10O3S/c1-57-33-28(6-5-24(41)31(33)38(55-57)56-63(2,61)62)58-15-19-4-3-18(37-50-8-7-25(52-37)35(44)45)12-26(19)53-39(58)27(11-17-9-20(42)13-21(43)10-17)51-29(60)16-59-34-30(32(54-59)36(46)47)22-14-23(22)40(34,48)49/h3-10,12-13,22-23,27,35-36H,11,14-16H2,1-2H3,(H,51,60)(H,55,56)/t22-,23+,27-/m0/s1. The van der Waals surface area contributed by atoms with Gasteiger partial charge in [-0.15, -0.1) is 0 Å². The molecule has 9 rings (SSSR count). The zero-order chi connectivity index (χ0) is 44.9. The lowest BCUT2D eigenvalue weighted by Crippen LogP contribution is -2.51. The third kappa shape index (κ3) is 7.72. The van der Waals surface area contributed by atoms with E-state index in [1.807, 2.05) is 0 Å². The molecule has 1 amide bonds. The van der Waals surface area contributed by atoms with Crippen molar-refractivity contribution in [1.29, 1.82) is 0 Å². The van der Waals surface area contributed by atoms with Crippen molar-refractivity contribution in [3.63, 3.8) is 0 Å². The van der Waals surface area contributed by atoms with Crippen LogP contribution in [0.3, 0.4) is 0 Å². The lowest BCUT2D eigenvalue weighted by atomic mass is 9.99. The summed E-state index contributed by atoms with van der Waals surface area (Å²) in [6, 6.07) is 10.0. The summed E-state index contributed by atoms with van der Waals surface area (Å²) in [6.07, 6.45) is -4.44. The van der Waals surface area contributed by atoms with E-state index in [1.165, 1.54) is 23.9 Å². The number of aromatic nitrogens is 6. The first-order valence-electron chi connectivity index (χ1n) is 19.0. The van der Waals surface area contributed by atoms with Crippen LogP contribution in [0, 0.1) is 17.6 Å². The largest absolute Gasteiger partial charge is 0.344 e.